The highest BCUT2D eigenvalue weighted by Crippen LogP contribution is 2.06. The Morgan fingerprint density at radius 1 is 1.00 bits per heavy atom. The van der Waals surface area contributed by atoms with Crippen molar-refractivity contribution in [2.75, 3.05) is 0 Å². The fourth-order valence-electron chi connectivity index (χ4n) is 2.86. The maximum absolute atomic E-state index is 12.7. The molecule has 1 aromatic heterocycles. The molecule has 31 heavy (non-hydrogen) atoms. The van der Waals surface area contributed by atoms with Crippen LogP contribution >= 0.6 is 0 Å². The lowest BCUT2D eigenvalue weighted by Crippen LogP contribution is -2.55. The number of nitrogens with one attached hydrogen (secondary N) is 3. The van der Waals surface area contributed by atoms with Crippen LogP contribution in [0.5, 0.6) is 0 Å². The van der Waals surface area contributed by atoms with Gasteiger partial charge in [0.2, 0.25) is 11.8 Å². The molecule has 11 nitrogen and oxygen atoms in total. The van der Waals surface area contributed by atoms with Crippen LogP contribution in [0.2, 0.25) is 0 Å². The number of carbonyl (C=O) groups excluding carboxylic acids is 2. The largest absolute Gasteiger partial charge is 0.481 e. The number of aliphatic carboxylic acids is 2. The minimum Gasteiger partial charge on any atom is -0.481 e. The average Bonchev–Trinajstić information content (AvgIpc) is 3.23. The van der Waals surface area contributed by atoms with Gasteiger partial charge in [-0.1, -0.05) is 30.3 Å². The Kier molecular flexibility index (Phi) is 8.70. The molecule has 3 atom stereocenters. The molecule has 1 aromatic carbocycles. The highest BCUT2D eigenvalue weighted by Gasteiger charge is 2.28. The van der Waals surface area contributed by atoms with Gasteiger partial charge in [0, 0.05) is 31.2 Å². The van der Waals surface area contributed by atoms with Gasteiger partial charge >= 0.3 is 11.9 Å². The van der Waals surface area contributed by atoms with Crippen molar-refractivity contribution < 1.29 is 29.4 Å². The fourth-order valence-corrected chi connectivity index (χ4v) is 2.86. The SMILES string of the molecule is N[C@@H](Cc1cnc[nH]1)C(=O)N[C@@H](CCC(=O)O)C(=O)N[C@@H](Cc1ccccc1)C(=O)O. The number of carboxylic acids is 2. The van der Waals surface area contributed by atoms with E-state index in [0.29, 0.717) is 11.3 Å². The van der Waals surface area contributed by atoms with Gasteiger partial charge in [-0.05, 0) is 12.0 Å². The van der Waals surface area contributed by atoms with Gasteiger partial charge in [0.05, 0.1) is 12.4 Å². The van der Waals surface area contributed by atoms with Gasteiger partial charge < -0.3 is 31.6 Å². The van der Waals surface area contributed by atoms with Gasteiger partial charge in [-0.25, -0.2) is 9.78 Å². The van der Waals surface area contributed by atoms with E-state index in [1.54, 1.807) is 30.3 Å². The van der Waals surface area contributed by atoms with Crippen molar-refractivity contribution in [1.29, 1.82) is 0 Å². The predicted octanol–water partition coefficient (Wildman–Crippen LogP) is -0.559. The maximum atomic E-state index is 12.7. The van der Waals surface area contributed by atoms with Gasteiger partial charge in [0.25, 0.3) is 0 Å². The van der Waals surface area contributed by atoms with Gasteiger partial charge in [0.1, 0.15) is 12.1 Å². The summed E-state index contributed by atoms with van der Waals surface area (Å²) >= 11 is 0. The highest BCUT2D eigenvalue weighted by molar-refractivity contribution is 5.92. The van der Waals surface area contributed by atoms with E-state index in [9.17, 15) is 24.3 Å². The second-order valence-electron chi connectivity index (χ2n) is 6.97. The minimum absolute atomic E-state index is 0.0286. The van der Waals surface area contributed by atoms with Crippen LogP contribution < -0.4 is 16.4 Å². The Balaban J connectivity index is 2.05. The number of carboxylic acid groups (broad SMARTS) is 2. The second-order valence-corrected chi connectivity index (χ2v) is 6.97. The smallest absolute Gasteiger partial charge is 0.326 e. The van der Waals surface area contributed by atoms with Crippen LogP contribution in [0.15, 0.2) is 42.9 Å². The molecule has 0 aliphatic rings. The number of benzene rings is 1. The zero-order valence-electron chi connectivity index (χ0n) is 16.7. The van der Waals surface area contributed by atoms with Crippen molar-refractivity contribution in [3.8, 4) is 0 Å². The van der Waals surface area contributed by atoms with E-state index < -0.39 is 48.3 Å². The first kappa shape index (κ1) is 23.5. The van der Waals surface area contributed by atoms with Crippen molar-refractivity contribution in [2.45, 2.75) is 43.8 Å². The summed E-state index contributed by atoms with van der Waals surface area (Å²) in [4.78, 5) is 54.3. The molecule has 0 unspecified atom stereocenters. The number of rotatable bonds is 12. The Bertz CT molecular complexity index is 887. The molecule has 11 heteroatoms. The standard InChI is InChI=1S/C20H25N5O6/c21-14(9-13-10-22-11-23-13)18(28)24-15(6-7-17(26)27)19(29)25-16(20(30)31)8-12-4-2-1-3-5-12/h1-5,10-11,14-16H,6-9,21H2,(H,22,23)(H,24,28)(H,25,29)(H,26,27)(H,30,31)/t14-,15-,16-/m0/s1. The van der Waals surface area contributed by atoms with E-state index in [0.717, 1.165) is 0 Å². The van der Waals surface area contributed by atoms with Crippen molar-refractivity contribution in [3.63, 3.8) is 0 Å². The molecule has 0 spiro atoms. The summed E-state index contributed by atoms with van der Waals surface area (Å²) in [5.41, 5.74) is 7.17. The van der Waals surface area contributed by atoms with Crippen molar-refractivity contribution >= 4 is 23.8 Å². The van der Waals surface area contributed by atoms with E-state index in [1.807, 2.05) is 0 Å². The molecule has 0 aliphatic heterocycles. The quantitative estimate of drug-likeness (QED) is 0.258. The Morgan fingerprint density at radius 2 is 1.68 bits per heavy atom. The summed E-state index contributed by atoms with van der Waals surface area (Å²) in [6, 6.07) is 5.19. The number of aromatic nitrogens is 2. The van der Waals surface area contributed by atoms with E-state index in [-0.39, 0.29) is 19.3 Å². The van der Waals surface area contributed by atoms with Gasteiger partial charge in [-0.2, -0.15) is 0 Å². The molecule has 7 N–H and O–H groups in total. The minimum atomic E-state index is -1.26. The Labute approximate surface area is 178 Å². The lowest BCUT2D eigenvalue weighted by Gasteiger charge is -2.22. The third-order valence-corrected chi connectivity index (χ3v) is 4.51. The van der Waals surface area contributed by atoms with Crippen LogP contribution in [0.25, 0.3) is 0 Å². The monoisotopic (exact) mass is 431 g/mol. The number of hydrogen-bond donors (Lipinski definition) is 6. The number of H-pyrrole nitrogens is 1. The maximum Gasteiger partial charge on any atom is 0.326 e. The summed E-state index contributed by atoms with van der Waals surface area (Å²) in [5, 5.41) is 23.2. The Hall–Kier alpha value is -3.73. The van der Waals surface area contributed by atoms with Crippen LogP contribution in [-0.4, -0.2) is 62.1 Å². The van der Waals surface area contributed by atoms with Crippen molar-refractivity contribution in [3.05, 3.63) is 54.1 Å². The van der Waals surface area contributed by atoms with Crippen LogP contribution in [0.4, 0.5) is 0 Å². The first-order chi connectivity index (χ1) is 14.8. The summed E-state index contributed by atoms with van der Waals surface area (Å²) in [7, 11) is 0. The van der Waals surface area contributed by atoms with E-state index in [4.69, 9.17) is 10.8 Å². The molecule has 2 rings (SSSR count). The van der Waals surface area contributed by atoms with Crippen molar-refractivity contribution in [2.24, 2.45) is 5.73 Å². The summed E-state index contributed by atoms with van der Waals surface area (Å²) in [6.45, 7) is 0. The van der Waals surface area contributed by atoms with Gasteiger partial charge in [0.15, 0.2) is 0 Å². The van der Waals surface area contributed by atoms with E-state index >= 15 is 0 Å². The number of nitrogens with two attached hydrogens (primary N) is 1. The molecule has 0 fully saturated rings. The molecular formula is C20H25N5O6. The summed E-state index contributed by atoms with van der Waals surface area (Å²) in [6.07, 6.45) is 2.47. The molecular weight excluding hydrogens is 406 g/mol. The lowest BCUT2D eigenvalue weighted by atomic mass is 10.0. The van der Waals surface area contributed by atoms with Crippen molar-refractivity contribution in [1.82, 2.24) is 20.6 Å². The van der Waals surface area contributed by atoms with Gasteiger partial charge in [-0.15, -0.1) is 0 Å². The second kappa shape index (κ2) is 11.5. The zero-order chi connectivity index (χ0) is 22.8. The molecule has 0 saturated carbocycles. The molecule has 0 bridgehead atoms. The fraction of sp³-hybridized carbons (Fsp3) is 0.350. The molecule has 2 aromatic rings. The third-order valence-electron chi connectivity index (χ3n) is 4.51. The molecule has 0 aliphatic carbocycles. The van der Waals surface area contributed by atoms with E-state index in [1.165, 1.54) is 12.5 Å². The number of aromatic amines is 1. The topological polar surface area (TPSA) is 188 Å². The molecule has 0 radical (unpaired) electrons. The number of carbonyl (C=O) groups is 4. The van der Waals surface area contributed by atoms with Crippen LogP contribution in [0.3, 0.4) is 0 Å². The summed E-state index contributed by atoms with van der Waals surface area (Å²) in [5.74, 6) is -3.88. The van der Waals surface area contributed by atoms with Gasteiger partial charge in [-0.3, -0.25) is 14.4 Å². The highest BCUT2D eigenvalue weighted by atomic mass is 16.4. The molecule has 1 heterocycles. The average molecular weight is 431 g/mol. The third kappa shape index (κ3) is 7.90. The lowest BCUT2D eigenvalue weighted by molar-refractivity contribution is -0.143. The molecule has 2 amide bonds. The first-order valence-corrected chi connectivity index (χ1v) is 9.58. The van der Waals surface area contributed by atoms with E-state index in [2.05, 4.69) is 20.6 Å². The van der Waals surface area contributed by atoms with Crippen LogP contribution in [0.1, 0.15) is 24.1 Å². The number of hydrogen-bond acceptors (Lipinski definition) is 6. The molecule has 0 saturated heterocycles. The summed E-state index contributed by atoms with van der Waals surface area (Å²) < 4.78 is 0. The zero-order valence-corrected chi connectivity index (χ0v) is 16.7. The molecule has 166 valence electrons. The Morgan fingerprint density at radius 3 is 2.26 bits per heavy atom. The number of amides is 2. The number of nitrogens with zero attached hydrogens (tertiary/aromatic N) is 1. The van der Waals surface area contributed by atoms with Crippen LogP contribution in [-0.2, 0) is 32.0 Å². The first-order valence-electron chi connectivity index (χ1n) is 9.58. The normalized spacial score (nSPS) is 13.6. The number of imidazole rings is 1. The predicted molar refractivity (Wildman–Crippen MR) is 109 cm³/mol. The van der Waals surface area contributed by atoms with Crippen LogP contribution in [0, 0.1) is 0 Å².